The third-order valence-corrected chi connectivity index (χ3v) is 5.66. The van der Waals surface area contributed by atoms with Crippen molar-refractivity contribution in [1.29, 1.82) is 5.26 Å². The molecule has 0 spiro atoms. The second kappa shape index (κ2) is 9.49. The van der Waals surface area contributed by atoms with Gasteiger partial charge in [0.25, 0.3) is 0 Å². The monoisotopic (exact) mass is 423 g/mol. The normalized spacial score (nSPS) is 10.8. The Morgan fingerprint density at radius 1 is 1.09 bits per heavy atom. The summed E-state index contributed by atoms with van der Waals surface area (Å²) < 4.78 is 7.08. The SMILES string of the molecule is CCCCc1nc2cc(C(=O)OC)ccc2n1Cc1ccc(-c2ccccc2C#N)cc1. The van der Waals surface area contributed by atoms with E-state index in [1.165, 1.54) is 7.11 Å². The average molecular weight is 424 g/mol. The summed E-state index contributed by atoms with van der Waals surface area (Å²) in [5.74, 6) is 0.660. The largest absolute Gasteiger partial charge is 0.465 e. The minimum Gasteiger partial charge on any atom is -0.465 e. The van der Waals surface area contributed by atoms with Gasteiger partial charge in [-0.2, -0.15) is 5.26 Å². The molecule has 0 amide bonds. The van der Waals surface area contributed by atoms with E-state index in [2.05, 4.69) is 41.8 Å². The van der Waals surface area contributed by atoms with Gasteiger partial charge in [-0.1, -0.05) is 55.8 Å². The molecule has 0 saturated heterocycles. The standard InChI is InChI=1S/C27H25N3O2/c1-3-4-9-26-29-24-16-21(27(31)32-2)14-15-25(24)30(26)18-19-10-12-20(13-11-19)23-8-6-5-7-22(23)17-28/h5-8,10-16H,3-4,9,18H2,1-2H3. The van der Waals surface area contributed by atoms with E-state index in [0.29, 0.717) is 17.7 Å². The first-order valence-electron chi connectivity index (χ1n) is 10.8. The van der Waals surface area contributed by atoms with Crippen molar-refractivity contribution in [3.05, 3.63) is 89.2 Å². The Morgan fingerprint density at radius 3 is 2.59 bits per heavy atom. The van der Waals surface area contributed by atoms with Crippen molar-refractivity contribution in [1.82, 2.24) is 9.55 Å². The van der Waals surface area contributed by atoms with Gasteiger partial charge in [0.1, 0.15) is 5.82 Å². The number of carbonyl (C=O) groups is 1. The van der Waals surface area contributed by atoms with Crippen LogP contribution >= 0.6 is 0 Å². The molecule has 32 heavy (non-hydrogen) atoms. The van der Waals surface area contributed by atoms with E-state index in [1.807, 2.05) is 30.3 Å². The fourth-order valence-electron chi connectivity index (χ4n) is 3.93. The molecule has 5 heteroatoms. The van der Waals surface area contributed by atoms with Crippen LogP contribution in [-0.4, -0.2) is 22.6 Å². The van der Waals surface area contributed by atoms with E-state index in [1.54, 1.807) is 12.1 Å². The van der Waals surface area contributed by atoms with Crippen LogP contribution in [0.25, 0.3) is 22.2 Å². The van der Waals surface area contributed by atoms with Gasteiger partial charge < -0.3 is 9.30 Å². The minimum absolute atomic E-state index is 0.357. The first kappa shape index (κ1) is 21.3. The first-order chi connectivity index (χ1) is 15.6. The molecule has 0 unspecified atom stereocenters. The van der Waals surface area contributed by atoms with E-state index in [-0.39, 0.29) is 5.97 Å². The molecule has 0 radical (unpaired) electrons. The summed E-state index contributed by atoms with van der Waals surface area (Å²) in [7, 11) is 1.39. The smallest absolute Gasteiger partial charge is 0.337 e. The van der Waals surface area contributed by atoms with Gasteiger partial charge in [-0.05, 0) is 47.4 Å². The van der Waals surface area contributed by atoms with Crippen molar-refractivity contribution < 1.29 is 9.53 Å². The van der Waals surface area contributed by atoms with Crippen LogP contribution in [0.3, 0.4) is 0 Å². The summed E-state index contributed by atoms with van der Waals surface area (Å²) in [4.78, 5) is 16.8. The van der Waals surface area contributed by atoms with E-state index >= 15 is 0 Å². The summed E-state index contributed by atoms with van der Waals surface area (Å²) in [6.07, 6.45) is 3.02. The highest BCUT2D eigenvalue weighted by molar-refractivity contribution is 5.93. The van der Waals surface area contributed by atoms with Crippen molar-refractivity contribution in [2.75, 3.05) is 7.11 Å². The number of rotatable bonds is 7. The Hall–Kier alpha value is -3.91. The van der Waals surface area contributed by atoms with Crippen molar-refractivity contribution in [3.63, 3.8) is 0 Å². The van der Waals surface area contributed by atoms with Crippen LogP contribution < -0.4 is 0 Å². The molecule has 0 fully saturated rings. The molecule has 0 saturated carbocycles. The number of fused-ring (bicyclic) bond motifs is 1. The fourth-order valence-corrected chi connectivity index (χ4v) is 3.93. The van der Waals surface area contributed by atoms with Crippen LogP contribution in [0.4, 0.5) is 0 Å². The number of nitriles is 1. The zero-order valence-electron chi connectivity index (χ0n) is 18.3. The number of hydrogen-bond donors (Lipinski definition) is 0. The number of benzene rings is 3. The molecule has 5 nitrogen and oxygen atoms in total. The number of unbranched alkanes of at least 4 members (excludes halogenated alkanes) is 1. The molecular weight excluding hydrogens is 398 g/mol. The molecular formula is C27H25N3O2. The lowest BCUT2D eigenvalue weighted by Crippen LogP contribution is -2.05. The summed E-state index contributed by atoms with van der Waals surface area (Å²) in [5.41, 5.74) is 6.10. The number of carbonyl (C=O) groups excluding carboxylic acids is 1. The first-order valence-corrected chi connectivity index (χ1v) is 10.8. The quantitative estimate of drug-likeness (QED) is 0.355. The predicted octanol–water partition coefficient (Wildman–Crippen LogP) is 5.75. The highest BCUT2D eigenvalue weighted by atomic mass is 16.5. The third kappa shape index (κ3) is 4.26. The Morgan fingerprint density at radius 2 is 1.88 bits per heavy atom. The molecule has 0 atom stereocenters. The molecule has 3 aromatic carbocycles. The topological polar surface area (TPSA) is 67.9 Å². The summed E-state index contributed by atoms with van der Waals surface area (Å²) in [5, 5.41) is 9.39. The number of esters is 1. The molecule has 4 aromatic rings. The Labute approximate surface area is 187 Å². The molecule has 0 bridgehead atoms. The third-order valence-electron chi connectivity index (χ3n) is 5.66. The van der Waals surface area contributed by atoms with Crippen molar-refractivity contribution in [3.8, 4) is 17.2 Å². The second-order valence-corrected chi connectivity index (χ2v) is 7.77. The summed E-state index contributed by atoms with van der Waals surface area (Å²) >= 11 is 0. The lowest BCUT2D eigenvalue weighted by atomic mass is 9.99. The maximum Gasteiger partial charge on any atom is 0.337 e. The predicted molar refractivity (Wildman–Crippen MR) is 125 cm³/mol. The lowest BCUT2D eigenvalue weighted by molar-refractivity contribution is 0.0601. The number of imidazole rings is 1. The van der Waals surface area contributed by atoms with Gasteiger partial charge in [-0.15, -0.1) is 0 Å². The lowest BCUT2D eigenvalue weighted by Gasteiger charge is -2.11. The molecule has 4 rings (SSSR count). The maximum atomic E-state index is 11.9. The second-order valence-electron chi connectivity index (χ2n) is 7.77. The maximum absolute atomic E-state index is 11.9. The van der Waals surface area contributed by atoms with Crippen LogP contribution in [0.5, 0.6) is 0 Å². The number of hydrogen-bond acceptors (Lipinski definition) is 4. The summed E-state index contributed by atoms with van der Waals surface area (Å²) in [6.45, 7) is 2.85. The number of nitrogens with zero attached hydrogens (tertiary/aromatic N) is 3. The molecule has 160 valence electrons. The Balaban J connectivity index is 1.68. The van der Waals surface area contributed by atoms with Gasteiger partial charge in [0.2, 0.25) is 0 Å². The zero-order chi connectivity index (χ0) is 22.5. The Kier molecular flexibility index (Phi) is 6.32. The molecule has 0 N–H and O–H groups in total. The van der Waals surface area contributed by atoms with Crippen LogP contribution in [-0.2, 0) is 17.7 Å². The minimum atomic E-state index is -0.357. The molecule has 1 heterocycles. The van der Waals surface area contributed by atoms with Crippen LogP contribution in [0, 0.1) is 11.3 Å². The van der Waals surface area contributed by atoms with Gasteiger partial charge in [0.15, 0.2) is 0 Å². The number of aromatic nitrogens is 2. The fraction of sp³-hybridized carbons (Fsp3) is 0.222. The number of aryl methyl sites for hydroxylation is 1. The van der Waals surface area contributed by atoms with Crippen LogP contribution in [0.1, 0.15) is 47.1 Å². The molecule has 0 aliphatic carbocycles. The van der Waals surface area contributed by atoms with E-state index in [9.17, 15) is 10.1 Å². The van der Waals surface area contributed by atoms with Crippen molar-refractivity contribution in [2.24, 2.45) is 0 Å². The van der Waals surface area contributed by atoms with E-state index in [0.717, 1.165) is 52.8 Å². The average Bonchev–Trinajstić information content (AvgIpc) is 3.18. The molecule has 0 aliphatic rings. The van der Waals surface area contributed by atoms with Gasteiger partial charge in [0.05, 0.1) is 35.3 Å². The Bertz CT molecular complexity index is 1300. The van der Waals surface area contributed by atoms with Crippen LogP contribution in [0.15, 0.2) is 66.7 Å². The van der Waals surface area contributed by atoms with Gasteiger partial charge in [-0.3, -0.25) is 0 Å². The van der Waals surface area contributed by atoms with E-state index in [4.69, 9.17) is 9.72 Å². The molecule has 1 aromatic heterocycles. The van der Waals surface area contributed by atoms with Crippen LogP contribution in [0.2, 0.25) is 0 Å². The van der Waals surface area contributed by atoms with Gasteiger partial charge >= 0.3 is 5.97 Å². The van der Waals surface area contributed by atoms with Crippen molar-refractivity contribution in [2.45, 2.75) is 32.7 Å². The van der Waals surface area contributed by atoms with E-state index < -0.39 is 0 Å². The number of methoxy groups -OCH3 is 1. The zero-order valence-corrected chi connectivity index (χ0v) is 18.3. The van der Waals surface area contributed by atoms with Gasteiger partial charge in [-0.25, -0.2) is 9.78 Å². The highest BCUT2D eigenvalue weighted by Gasteiger charge is 2.14. The highest BCUT2D eigenvalue weighted by Crippen LogP contribution is 2.25. The molecule has 0 aliphatic heterocycles. The summed E-state index contributed by atoms with van der Waals surface area (Å²) in [6, 6.07) is 23.8. The number of ether oxygens (including phenoxy) is 1. The van der Waals surface area contributed by atoms with Crippen molar-refractivity contribution >= 4 is 17.0 Å². The van der Waals surface area contributed by atoms with Gasteiger partial charge in [0, 0.05) is 13.0 Å².